The van der Waals surface area contributed by atoms with Crippen molar-refractivity contribution in [1.82, 2.24) is 0 Å². The second kappa shape index (κ2) is 12.7. The van der Waals surface area contributed by atoms with Gasteiger partial charge in [-0.1, -0.05) is 166 Å². The number of fused-ring (bicyclic) bond motifs is 14. The van der Waals surface area contributed by atoms with Gasteiger partial charge in [0.05, 0.1) is 22.2 Å². The number of nitrogens with zero attached hydrogens (tertiary/aromatic N) is 2. The van der Waals surface area contributed by atoms with E-state index in [1.165, 1.54) is 55.6 Å². The minimum Gasteiger partial charge on any atom is -0.456 e. The van der Waals surface area contributed by atoms with Gasteiger partial charge in [0.1, 0.15) is 16.7 Å². The molecule has 9 aromatic carbocycles. The van der Waals surface area contributed by atoms with Crippen molar-refractivity contribution >= 4 is 90.1 Å². The van der Waals surface area contributed by atoms with Gasteiger partial charge < -0.3 is 18.5 Å². The number of hydrogen-bond acceptors (Lipinski definition) is 4. The van der Waals surface area contributed by atoms with Crippen LogP contribution < -0.4 is 20.6 Å². The van der Waals surface area contributed by atoms with E-state index in [1.54, 1.807) is 0 Å². The van der Waals surface area contributed by atoms with Crippen molar-refractivity contribution in [3.05, 3.63) is 222 Å². The molecule has 4 nitrogen and oxygen atoms in total. The highest BCUT2D eigenvalue weighted by Gasteiger charge is 2.54. The number of hydrogen-bond donors (Lipinski definition) is 0. The van der Waals surface area contributed by atoms with Crippen LogP contribution in [-0.4, -0.2) is 6.85 Å². The Balaban J connectivity index is 1.20. The average Bonchev–Trinajstić information content (AvgIpc) is 3.91. The third kappa shape index (κ3) is 4.53. The van der Waals surface area contributed by atoms with Gasteiger partial charge in [0.15, 0.2) is 5.58 Å². The van der Waals surface area contributed by atoms with Crippen molar-refractivity contribution in [2.75, 3.05) is 9.71 Å². The Bertz CT molecular complexity index is 3690. The summed E-state index contributed by atoms with van der Waals surface area (Å²) in [5, 5.41) is 4.45. The molecule has 14 rings (SSSR count). The minimum atomic E-state index is -0.636. The number of furan rings is 2. The molecule has 5 heteroatoms. The summed E-state index contributed by atoms with van der Waals surface area (Å²) < 4.78 is 13.9. The molecule has 0 unspecified atom stereocenters. The van der Waals surface area contributed by atoms with E-state index in [0.717, 1.165) is 66.6 Å². The van der Waals surface area contributed by atoms with Crippen molar-refractivity contribution in [2.45, 2.75) is 31.6 Å². The number of benzene rings is 9. The Morgan fingerprint density at radius 2 is 1.12 bits per heavy atom. The maximum absolute atomic E-state index is 7.19. The Kier molecular flexibility index (Phi) is 7.09. The first-order valence-corrected chi connectivity index (χ1v) is 22.4. The van der Waals surface area contributed by atoms with Crippen LogP contribution in [0.15, 0.2) is 203 Å². The van der Waals surface area contributed by atoms with Crippen LogP contribution in [0, 0.1) is 0 Å². The third-order valence-electron chi connectivity index (χ3n) is 14.4. The Hall–Kier alpha value is -7.76. The molecule has 0 spiro atoms. The molecule has 64 heavy (non-hydrogen) atoms. The van der Waals surface area contributed by atoms with E-state index < -0.39 is 5.41 Å². The fourth-order valence-corrected chi connectivity index (χ4v) is 11.8. The quantitative estimate of drug-likeness (QED) is 0.166. The molecule has 0 N–H and O–H groups in total. The summed E-state index contributed by atoms with van der Waals surface area (Å²) in [4.78, 5) is 5.20. The number of para-hydroxylation sites is 4. The SMILES string of the molecule is CC(C)(C)c1ccc(N2B3c4cccc5c4N(c4ccccc4C5(c4ccccc4)c4ccccc4)c4c3c(cc3c4oc4ccccc43)-c3ccc4oc5ccccc5c4c32)cc1. The van der Waals surface area contributed by atoms with Crippen LogP contribution in [0.4, 0.5) is 28.4 Å². The normalized spacial score (nSPS) is 14.5. The predicted molar refractivity (Wildman–Crippen MR) is 265 cm³/mol. The zero-order chi connectivity index (χ0) is 42.5. The van der Waals surface area contributed by atoms with Crippen molar-refractivity contribution in [1.29, 1.82) is 0 Å². The molecule has 3 aliphatic heterocycles. The summed E-state index contributed by atoms with van der Waals surface area (Å²) in [6, 6.07) is 71.6. The van der Waals surface area contributed by atoms with Gasteiger partial charge >= 0.3 is 6.85 Å². The molecule has 3 aliphatic rings. The van der Waals surface area contributed by atoms with Crippen molar-refractivity contribution in [3.8, 4) is 11.1 Å². The molecular weight excluding hydrogens is 779 g/mol. The van der Waals surface area contributed by atoms with Gasteiger partial charge in [0.2, 0.25) is 0 Å². The molecule has 0 bridgehead atoms. The minimum absolute atomic E-state index is 0.00548. The Labute approximate surface area is 371 Å². The second-order valence-electron chi connectivity index (χ2n) is 18.7. The van der Waals surface area contributed by atoms with E-state index in [2.05, 4.69) is 225 Å². The monoisotopic (exact) mass is 820 g/mol. The van der Waals surface area contributed by atoms with Crippen molar-refractivity contribution in [2.24, 2.45) is 0 Å². The summed E-state index contributed by atoms with van der Waals surface area (Å²) in [6.45, 7) is 6.62. The van der Waals surface area contributed by atoms with E-state index in [0.29, 0.717) is 0 Å². The molecule has 11 aromatic rings. The van der Waals surface area contributed by atoms with Gasteiger partial charge in [-0.05, 0) is 98.3 Å². The van der Waals surface area contributed by atoms with Crippen LogP contribution >= 0.6 is 0 Å². The molecule has 0 aliphatic carbocycles. The lowest BCUT2D eigenvalue weighted by Crippen LogP contribution is -2.62. The van der Waals surface area contributed by atoms with Crippen LogP contribution in [0.25, 0.3) is 55.0 Å². The third-order valence-corrected chi connectivity index (χ3v) is 14.4. The molecule has 0 amide bonds. The number of rotatable bonds is 3. The molecular formula is C59H41BN2O2. The van der Waals surface area contributed by atoms with Crippen LogP contribution in [-0.2, 0) is 10.8 Å². The van der Waals surface area contributed by atoms with Gasteiger partial charge in [0.25, 0.3) is 0 Å². The van der Waals surface area contributed by atoms with Crippen molar-refractivity contribution in [3.63, 3.8) is 0 Å². The first-order valence-electron chi connectivity index (χ1n) is 22.4. The molecule has 302 valence electrons. The molecule has 0 fully saturated rings. The van der Waals surface area contributed by atoms with Gasteiger partial charge in [-0.15, -0.1) is 0 Å². The molecule has 2 aromatic heterocycles. The van der Waals surface area contributed by atoms with Gasteiger partial charge in [-0.3, -0.25) is 0 Å². The number of anilines is 5. The van der Waals surface area contributed by atoms with E-state index in [1.807, 2.05) is 0 Å². The fraction of sp³-hybridized carbons (Fsp3) is 0.0847. The van der Waals surface area contributed by atoms with Crippen LogP contribution in [0.3, 0.4) is 0 Å². The lowest BCUT2D eigenvalue weighted by Gasteiger charge is -2.52. The second-order valence-corrected chi connectivity index (χ2v) is 18.7. The van der Waals surface area contributed by atoms with Gasteiger partial charge in [-0.2, -0.15) is 0 Å². The Morgan fingerprint density at radius 3 is 1.86 bits per heavy atom. The first kappa shape index (κ1) is 35.8. The summed E-state index contributed by atoms with van der Waals surface area (Å²) in [5.74, 6) is 0. The highest BCUT2D eigenvalue weighted by Crippen LogP contribution is 2.61. The summed E-state index contributed by atoms with van der Waals surface area (Å²) >= 11 is 0. The largest absolute Gasteiger partial charge is 0.456 e. The van der Waals surface area contributed by atoms with Crippen molar-refractivity contribution < 1.29 is 8.83 Å². The van der Waals surface area contributed by atoms with Gasteiger partial charge in [0, 0.05) is 38.8 Å². The fourth-order valence-electron chi connectivity index (χ4n) is 11.8. The summed E-state index contributed by atoms with van der Waals surface area (Å²) in [6.07, 6.45) is 0. The van der Waals surface area contributed by atoms with E-state index in [4.69, 9.17) is 8.83 Å². The first-order chi connectivity index (χ1) is 31.4. The lowest BCUT2D eigenvalue weighted by molar-refractivity contribution is 0.590. The molecule has 0 saturated carbocycles. The average molecular weight is 821 g/mol. The maximum atomic E-state index is 7.19. The maximum Gasteiger partial charge on any atom is 0.333 e. The van der Waals surface area contributed by atoms with E-state index in [9.17, 15) is 0 Å². The van der Waals surface area contributed by atoms with Crippen LogP contribution in [0.2, 0.25) is 0 Å². The summed E-state index contributed by atoms with van der Waals surface area (Å²) in [7, 11) is 0. The van der Waals surface area contributed by atoms with Crippen LogP contribution in [0.5, 0.6) is 0 Å². The van der Waals surface area contributed by atoms with Gasteiger partial charge in [-0.25, -0.2) is 0 Å². The zero-order valence-corrected chi connectivity index (χ0v) is 35.8. The standard InChI is InChI=1S/C59H41BN2O2/c1-58(2,3)36-29-31-39(32-30-36)62-54-41(33-34-51-52(54)42-22-11-15-28-50(42)63-51)43-35-44-40-21-10-14-27-49(40)64-57(44)56-53(43)60(62)47-25-16-24-46-55(47)61(56)48-26-13-12-23-45(48)59(46,37-17-6-4-7-18-37)38-19-8-5-9-20-38/h4-35H,1-3H3. The predicted octanol–water partition coefficient (Wildman–Crippen LogP) is 14.2. The van der Waals surface area contributed by atoms with E-state index in [-0.39, 0.29) is 12.3 Å². The summed E-state index contributed by atoms with van der Waals surface area (Å²) in [5.41, 5.74) is 19.7. The van der Waals surface area contributed by atoms with E-state index >= 15 is 0 Å². The Morgan fingerprint density at radius 1 is 0.484 bits per heavy atom. The lowest BCUT2D eigenvalue weighted by atomic mass is 9.42. The molecule has 0 radical (unpaired) electrons. The molecule has 0 saturated heterocycles. The van der Waals surface area contributed by atoms with Crippen LogP contribution in [0.1, 0.15) is 48.6 Å². The molecule has 0 atom stereocenters. The zero-order valence-electron chi connectivity index (χ0n) is 35.8. The highest BCUT2D eigenvalue weighted by atomic mass is 16.3. The topological polar surface area (TPSA) is 32.8 Å². The molecule has 5 heterocycles. The smallest absolute Gasteiger partial charge is 0.333 e. The highest BCUT2D eigenvalue weighted by molar-refractivity contribution is 6.94.